The van der Waals surface area contributed by atoms with Crippen LogP contribution in [0, 0.1) is 17.6 Å². The van der Waals surface area contributed by atoms with Gasteiger partial charge < -0.3 is 4.90 Å². The molecule has 0 radical (unpaired) electrons. The Morgan fingerprint density at radius 3 is 2.44 bits per heavy atom. The predicted molar refractivity (Wildman–Crippen MR) is 88.2 cm³/mol. The van der Waals surface area contributed by atoms with Crippen LogP contribution in [0.3, 0.4) is 0 Å². The second-order valence-corrected chi connectivity index (χ2v) is 8.19. The van der Waals surface area contributed by atoms with Crippen molar-refractivity contribution in [3.63, 3.8) is 0 Å². The molecule has 0 N–H and O–H groups in total. The number of carbonyl (C=O) groups is 1. The van der Waals surface area contributed by atoms with Gasteiger partial charge in [-0.05, 0) is 37.5 Å². The molecule has 0 aromatic heterocycles. The summed E-state index contributed by atoms with van der Waals surface area (Å²) in [6, 6.07) is 2.37. The molecule has 1 amide bonds. The normalized spacial score (nSPS) is 22.2. The molecule has 1 atom stereocenters. The first-order chi connectivity index (χ1) is 11.9. The van der Waals surface area contributed by atoms with Crippen molar-refractivity contribution in [3.8, 4) is 0 Å². The van der Waals surface area contributed by atoms with E-state index in [9.17, 15) is 22.0 Å². The van der Waals surface area contributed by atoms with Crippen LogP contribution in [-0.4, -0.2) is 49.7 Å². The Kier molecular flexibility index (Phi) is 5.19. The van der Waals surface area contributed by atoms with Crippen LogP contribution >= 0.6 is 0 Å². The fraction of sp³-hybridized carbons (Fsp3) is 0.471. The largest absolute Gasteiger partial charge is 0.340 e. The van der Waals surface area contributed by atoms with Crippen LogP contribution in [0.15, 0.2) is 35.2 Å². The molecule has 136 valence electrons. The van der Waals surface area contributed by atoms with Crippen LogP contribution in [0.1, 0.15) is 19.3 Å². The van der Waals surface area contributed by atoms with E-state index in [2.05, 4.69) is 6.08 Å². The molecule has 1 unspecified atom stereocenters. The molecule has 1 aliphatic carbocycles. The van der Waals surface area contributed by atoms with E-state index in [0.717, 1.165) is 29.3 Å². The van der Waals surface area contributed by atoms with Gasteiger partial charge in [-0.25, -0.2) is 17.2 Å². The first-order valence-corrected chi connectivity index (χ1v) is 9.72. The minimum atomic E-state index is -4.12. The molecule has 25 heavy (non-hydrogen) atoms. The second kappa shape index (κ2) is 7.21. The number of sulfonamides is 1. The quantitative estimate of drug-likeness (QED) is 0.766. The highest BCUT2D eigenvalue weighted by Gasteiger charge is 2.33. The second-order valence-electron chi connectivity index (χ2n) is 6.29. The standard InChI is InChI=1S/C17H20F2N2O3S/c18-14-6-7-15(19)16(12-14)25(23,24)21-10-8-20(9-11-21)17(22)13-4-2-1-3-5-13/h1-2,6-7,12-13H,3-5,8-11H2. The third-order valence-electron chi connectivity index (χ3n) is 4.68. The highest BCUT2D eigenvalue weighted by Crippen LogP contribution is 2.24. The zero-order valence-electron chi connectivity index (χ0n) is 13.7. The number of hydrogen-bond acceptors (Lipinski definition) is 3. The van der Waals surface area contributed by atoms with Crippen molar-refractivity contribution >= 4 is 15.9 Å². The molecule has 1 saturated heterocycles. The Labute approximate surface area is 146 Å². The van der Waals surface area contributed by atoms with Crippen molar-refractivity contribution in [2.45, 2.75) is 24.2 Å². The average Bonchev–Trinajstić information content (AvgIpc) is 2.64. The topological polar surface area (TPSA) is 57.7 Å². The van der Waals surface area contributed by atoms with Gasteiger partial charge >= 0.3 is 0 Å². The Bertz CT molecular complexity index is 787. The number of halogens is 2. The van der Waals surface area contributed by atoms with Crippen molar-refractivity contribution in [1.82, 2.24) is 9.21 Å². The number of carbonyl (C=O) groups excluding carboxylic acids is 1. The smallest absolute Gasteiger partial charge is 0.246 e. The summed E-state index contributed by atoms with van der Waals surface area (Å²) in [6.07, 6.45) is 6.46. The van der Waals surface area contributed by atoms with Gasteiger partial charge in [0.25, 0.3) is 0 Å². The van der Waals surface area contributed by atoms with Gasteiger partial charge in [-0.15, -0.1) is 0 Å². The highest BCUT2D eigenvalue weighted by molar-refractivity contribution is 7.89. The van der Waals surface area contributed by atoms with Crippen LogP contribution in [0.25, 0.3) is 0 Å². The Morgan fingerprint density at radius 1 is 1.08 bits per heavy atom. The number of amides is 1. The SMILES string of the molecule is O=C(C1CC=CCC1)N1CCN(S(=O)(=O)c2cc(F)ccc2F)CC1. The van der Waals surface area contributed by atoms with Crippen molar-refractivity contribution in [1.29, 1.82) is 0 Å². The number of nitrogens with zero attached hydrogens (tertiary/aromatic N) is 2. The maximum atomic E-state index is 13.8. The van der Waals surface area contributed by atoms with E-state index in [-0.39, 0.29) is 38.0 Å². The molecule has 1 heterocycles. The van der Waals surface area contributed by atoms with Gasteiger partial charge in [-0.3, -0.25) is 4.79 Å². The number of rotatable bonds is 3. The molecule has 5 nitrogen and oxygen atoms in total. The van der Waals surface area contributed by atoms with Crippen molar-refractivity contribution in [2.75, 3.05) is 26.2 Å². The van der Waals surface area contributed by atoms with E-state index in [0.29, 0.717) is 12.5 Å². The maximum absolute atomic E-state index is 13.8. The molecule has 2 aliphatic rings. The van der Waals surface area contributed by atoms with Gasteiger partial charge in [0.1, 0.15) is 16.5 Å². The molecular weight excluding hydrogens is 350 g/mol. The molecule has 0 saturated carbocycles. The summed E-state index contributed by atoms with van der Waals surface area (Å²) in [5, 5.41) is 0. The first kappa shape index (κ1) is 18.0. The van der Waals surface area contributed by atoms with Crippen LogP contribution in [0.4, 0.5) is 8.78 Å². The van der Waals surface area contributed by atoms with E-state index < -0.39 is 26.6 Å². The fourth-order valence-electron chi connectivity index (χ4n) is 3.24. The van der Waals surface area contributed by atoms with E-state index in [1.165, 1.54) is 0 Å². The van der Waals surface area contributed by atoms with Crippen LogP contribution < -0.4 is 0 Å². The molecule has 8 heteroatoms. The lowest BCUT2D eigenvalue weighted by atomic mass is 9.93. The van der Waals surface area contributed by atoms with Gasteiger partial charge in [0.05, 0.1) is 0 Å². The average molecular weight is 370 g/mol. The summed E-state index contributed by atoms with van der Waals surface area (Å²) < 4.78 is 53.3. The highest BCUT2D eigenvalue weighted by atomic mass is 32.2. The summed E-state index contributed by atoms with van der Waals surface area (Å²) in [5.41, 5.74) is 0. The third kappa shape index (κ3) is 3.74. The van der Waals surface area contributed by atoms with Crippen LogP contribution in [-0.2, 0) is 14.8 Å². The van der Waals surface area contributed by atoms with Gasteiger partial charge in [-0.2, -0.15) is 4.31 Å². The molecule has 3 rings (SSSR count). The van der Waals surface area contributed by atoms with Crippen molar-refractivity contribution < 1.29 is 22.0 Å². The summed E-state index contributed by atoms with van der Waals surface area (Å²) in [5.74, 6) is -1.79. The zero-order valence-corrected chi connectivity index (χ0v) is 14.5. The minimum absolute atomic E-state index is 0.0401. The van der Waals surface area contributed by atoms with Gasteiger partial charge in [0.15, 0.2) is 0 Å². The van der Waals surface area contributed by atoms with E-state index >= 15 is 0 Å². The molecule has 0 bridgehead atoms. The van der Waals surface area contributed by atoms with Gasteiger partial charge in [0.2, 0.25) is 15.9 Å². The van der Waals surface area contributed by atoms with Crippen LogP contribution in [0.2, 0.25) is 0 Å². The van der Waals surface area contributed by atoms with E-state index in [4.69, 9.17) is 0 Å². The molecule has 1 aromatic carbocycles. The Balaban J connectivity index is 1.68. The van der Waals surface area contributed by atoms with Crippen molar-refractivity contribution in [3.05, 3.63) is 42.0 Å². The number of hydrogen-bond donors (Lipinski definition) is 0. The molecule has 1 fully saturated rings. The third-order valence-corrected chi connectivity index (χ3v) is 6.59. The summed E-state index contributed by atoms with van der Waals surface area (Å²) in [4.78, 5) is 13.5. The summed E-state index contributed by atoms with van der Waals surface area (Å²) in [6.45, 7) is 0.670. The van der Waals surface area contributed by atoms with E-state index in [1.54, 1.807) is 4.90 Å². The minimum Gasteiger partial charge on any atom is -0.340 e. The molecule has 1 aromatic rings. The van der Waals surface area contributed by atoms with Gasteiger partial charge in [-0.1, -0.05) is 12.2 Å². The fourth-order valence-corrected chi connectivity index (χ4v) is 4.74. The maximum Gasteiger partial charge on any atom is 0.246 e. The summed E-state index contributed by atoms with van der Waals surface area (Å²) >= 11 is 0. The number of piperazine rings is 1. The van der Waals surface area contributed by atoms with Crippen molar-refractivity contribution in [2.24, 2.45) is 5.92 Å². The lowest BCUT2D eigenvalue weighted by Crippen LogP contribution is -2.52. The molecular formula is C17H20F2N2O3S. The molecule has 1 aliphatic heterocycles. The first-order valence-electron chi connectivity index (χ1n) is 8.28. The number of benzene rings is 1. The monoisotopic (exact) mass is 370 g/mol. The zero-order chi connectivity index (χ0) is 18.0. The lowest BCUT2D eigenvalue weighted by Gasteiger charge is -2.36. The Hall–Kier alpha value is -1.80. The Morgan fingerprint density at radius 2 is 1.80 bits per heavy atom. The predicted octanol–water partition coefficient (Wildman–Crippen LogP) is 2.15. The van der Waals surface area contributed by atoms with E-state index in [1.807, 2.05) is 6.08 Å². The lowest BCUT2D eigenvalue weighted by molar-refractivity contribution is -0.137. The number of allylic oxidation sites excluding steroid dienone is 2. The molecule has 0 spiro atoms. The van der Waals surface area contributed by atoms with Gasteiger partial charge in [0, 0.05) is 32.1 Å². The van der Waals surface area contributed by atoms with Crippen LogP contribution in [0.5, 0.6) is 0 Å². The summed E-state index contributed by atoms with van der Waals surface area (Å²) in [7, 11) is -4.12.